The first-order valence-corrected chi connectivity index (χ1v) is 10.3. The molecule has 0 N–H and O–H groups in total. The summed E-state index contributed by atoms with van der Waals surface area (Å²) in [7, 11) is -2.35. The number of methoxy groups -OCH3 is 1. The van der Waals surface area contributed by atoms with Gasteiger partial charge >= 0.3 is 5.97 Å². The first-order valence-electron chi connectivity index (χ1n) is 7.17. The summed E-state index contributed by atoms with van der Waals surface area (Å²) < 4.78 is 32.5. The van der Waals surface area contributed by atoms with E-state index >= 15 is 0 Å². The molecule has 0 saturated carbocycles. The third-order valence-corrected chi connectivity index (χ3v) is 6.40. The average Bonchev–Trinajstić information content (AvgIpc) is 3.03. The lowest BCUT2D eigenvalue weighted by atomic mass is 10.4. The molecule has 130 valence electrons. The minimum Gasteiger partial charge on any atom is -0.464 e. The quantitative estimate of drug-likeness (QED) is 0.627. The lowest BCUT2D eigenvalue weighted by molar-refractivity contribution is 0.0594. The van der Waals surface area contributed by atoms with Crippen LogP contribution in [0.1, 0.15) is 28.8 Å². The van der Waals surface area contributed by atoms with Gasteiger partial charge in [0.05, 0.1) is 18.6 Å². The minimum absolute atomic E-state index is 0.119. The number of hydrogen-bond acceptors (Lipinski definition) is 6. The number of thiazole rings is 1. The smallest absolute Gasteiger partial charge is 0.357 e. The number of esters is 1. The maximum atomic E-state index is 12.8. The standard InChI is InChI=1S/C15H17BrN2O4S2/c1-3-8-18(9-14-17-13(10-23-14)15(19)22-2)24(20,21)12-6-4-11(16)5-7-12/h4-7,10H,3,8-9H2,1-2H3. The summed E-state index contributed by atoms with van der Waals surface area (Å²) >= 11 is 4.53. The lowest BCUT2D eigenvalue weighted by Crippen LogP contribution is -2.31. The van der Waals surface area contributed by atoms with Crippen molar-refractivity contribution in [1.29, 1.82) is 0 Å². The van der Waals surface area contributed by atoms with E-state index in [1.54, 1.807) is 29.6 Å². The van der Waals surface area contributed by atoms with E-state index in [4.69, 9.17) is 0 Å². The zero-order valence-corrected chi connectivity index (χ0v) is 16.4. The predicted molar refractivity (Wildman–Crippen MR) is 95.5 cm³/mol. The third-order valence-electron chi connectivity index (χ3n) is 3.18. The zero-order valence-electron chi connectivity index (χ0n) is 13.2. The highest BCUT2D eigenvalue weighted by atomic mass is 79.9. The number of ether oxygens (including phenoxy) is 1. The van der Waals surface area contributed by atoms with Crippen molar-refractivity contribution in [3.8, 4) is 0 Å². The number of carbonyl (C=O) groups is 1. The van der Waals surface area contributed by atoms with Gasteiger partial charge in [0.1, 0.15) is 5.01 Å². The van der Waals surface area contributed by atoms with Crippen LogP contribution in [0.2, 0.25) is 0 Å². The van der Waals surface area contributed by atoms with Gasteiger partial charge < -0.3 is 4.74 Å². The molecule has 0 radical (unpaired) electrons. The number of halogens is 1. The molecule has 1 aromatic carbocycles. The molecule has 1 aromatic heterocycles. The van der Waals surface area contributed by atoms with Crippen LogP contribution in [-0.4, -0.2) is 37.3 Å². The topological polar surface area (TPSA) is 76.6 Å². The van der Waals surface area contributed by atoms with Crippen LogP contribution in [0.25, 0.3) is 0 Å². The van der Waals surface area contributed by atoms with Gasteiger partial charge in [-0.3, -0.25) is 0 Å². The highest BCUT2D eigenvalue weighted by Crippen LogP contribution is 2.22. The Morgan fingerprint density at radius 3 is 2.58 bits per heavy atom. The summed E-state index contributed by atoms with van der Waals surface area (Å²) in [6.07, 6.45) is 0.672. The molecule has 0 aliphatic rings. The van der Waals surface area contributed by atoms with Crippen LogP contribution in [0.4, 0.5) is 0 Å². The SMILES string of the molecule is CCCN(Cc1nc(C(=O)OC)cs1)S(=O)(=O)c1ccc(Br)cc1. The summed E-state index contributed by atoms with van der Waals surface area (Å²) in [5.74, 6) is -0.532. The second kappa shape index (κ2) is 8.19. The van der Waals surface area contributed by atoms with Crippen molar-refractivity contribution in [2.75, 3.05) is 13.7 Å². The van der Waals surface area contributed by atoms with Crippen LogP contribution >= 0.6 is 27.3 Å². The van der Waals surface area contributed by atoms with E-state index in [9.17, 15) is 13.2 Å². The average molecular weight is 433 g/mol. The Hall–Kier alpha value is -1.29. The number of aromatic nitrogens is 1. The predicted octanol–water partition coefficient (Wildman–Crippen LogP) is 3.29. The van der Waals surface area contributed by atoms with Crippen molar-refractivity contribution < 1.29 is 17.9 Å². The molecule has 6 nitrogen and oxygen atoms in total. The van der Waals surface area contributed by atoms with Crippen molar-refractivity contribution in [3.05, 3.63) is 44.8 Å². The third kappa shape index (κ3) is 4.41. The van der Waals surface area contributed by atoms with Crippen molar-refractivity contribution in [1.82, 2.24) is 9.29 Å². The zero-order chi connectivity index (χ0) is 17.7. The number of sulfonamides is 1. The number of rotatable bonds is 7. The number of hydrogen-bond donors (Lipinski definition) is 0. The van der Waals surface area contributed by atoms with Gasteiger partial charge in [0.25, 0.3) is 0 Å². The Morgan fingerprint density at radius 2 is 2.00 bits per heavy atom. The molecule has 24 heavy (non-hydrogen) atoms. The Labute approximate surface area is 153 Å². The van der Waals surface area contributed by atoms with E-state index in [0.29, 0.717) is 18.0 Å². The maximum absolute atomic E-state index is 12.8. The van der Waals surface area contributed by atoms with E-state index in [0.717, 1.165) is 4.47 Å². The van der Waals surface area contributed by atoms with E-state index < -0.39 is 16.0 Å². The molecule has 2 rings (SSSR count). The van der Waals surface area contributed by atoms with Gasteiger partial charge in [-0.2, -0.15) is 4.31 Å². The van der Waals surface area contributed by atoms with E-state index in [-0.39, 0.29) is 17.1 Å². The van der Waals surface area contributed by atoms with Gasteiger partial charge in [0.15, 0.2) is 5.69 Å². The molecule has 0 aliphatic carbocycles. The molecular weight excluding hydrogens is 416 g/mol. The summed E-state index contributed by atoms with van der Waals surface area (Å²) in [6.45, 7) is 2.39. The number of nitrogens with zero attached hydrogens (tertiary/aromatic N) is 2. The molecule has 1 heterocycles. The fourth-order valence-corrected chi connectivity index (χ4v) is 4.64. The molecule has 0 bridgehead atoms. The van der Waals surface area contributed by atoms with Crippen molar-refractivity contribution in [2.24, 2.45) is 0 Å². The Balaban J connectivity index is 2.26. The van der Waals surface area contributed by atoms with Crippen LogP contribution in [0, 0.1) is 0 Å². The molecule has 0 saturated heterocycles. The molecule has 0 fully saturated rings. The molecule has 0 spiro atoms. The lowest BCUT2D eigenvalue weighted by Gasteiger charge is -2.20. The number of benzene rings is 1. The minimum atomic E-state index is -3.63. The Morgan fingerprint density at radius 1 is 1.33 bits per heavy atom. The molecule has 0 aliphatic heterocycles. The normalized spacial score (nSPS) is 11.7. The first-order chi connectivity index (χ1) is 11.4. The van der Waals surface area contributed by atoms with Crippen molar-refractivity contribution in [3.63, 3.8) is 0 Å². The van der Waals surface area contributed by atoms with E-state index in [1.165, 1.54) is 22.8 Å². The molecule has 0 atom stereocenters. The summed E-state index contributed by atoms with van der Waals surface area (Å²) in [5.41, 5.74) is 0.190. The van der Waals surface area contributed by atoms with Gasteiger partial charge in [-0.05, 0) is 30.7 Å². The van der Waals surface area contributed by atoms with Gasteiger partial charge in [0, 0.05) is 16.4 Å². The molecule has 9 heteroatoms. The Bertz CT molecular complexity index is 803. The summed E-state index contributed by atoms with van der Waals surface area (Å²) in [5, 5.41) is 2.11. The highest BCUT2D eigenvalue weighted by Gasteiger charge is 2.25. The first kappa shape index (κ1) is 19.0. The van der Waals surface area contributed by atoms with Crippen LogP contribution in [-0.2, 0) is 21.3 Å². The van der Waals surface area contributed by atoms with E-state index in [1.807, 2.05) is 6.92 Å². The second-order valence-corrected chi connectivity index (χ2v) is 8.71. The van der Waals surface area contributed by atoms with E-state index in [2.05, 4.69) is 25.7 Å². The second-order valence-electron chi connectivity index (χ2n) is 4.91. The van der Waals surface area contributed by atoms with Crippen LogP contribution in [0.5, 0.6) is 0 Å². The monoisotopic (exact) mass is 432 g/mol. The largest absolute Gasteiger partial charge is 0.464 e. The summed E-state index contributed by atoms with van der Waals surface area (Å²) in [4.78, 5) is 15.9. The van der Waals surface area contributed by atoms with Crippen LogP contribution < -0.4 is 0 Å². The van der Waals surface area contributed by atoms with Gasteiger partial charge in [-0.1, -0.05) is 22.9 Å². The number of carbonyl (C=O) groups excluding carboxylic acids is 1. The molecular formula is C15H17BrN2O4S2. The maximum Gasteiger partial charge on any atom is 0.357 e. The molecule has 0 amide bonds. The van der Waals surface area contributed by atoms with Crippen LogP contribution in [0.3, 0.4) is 0 Å². The molecule has 0 unspecified atom stereocenters. The fourth-order valence-electron chi connectivity index (χ4n) is 2.02. The van der Waals surface area contributed by atoms with Crippen molar-refractivity contribution in [2.45, 2.75) is 24.8 Å². The summed E-state index contributed by atoms with van der Waals surface area (Å²) in [6, 6.07) is 6.50. The highest BCUT2D eigenvalue weighted by molar-refractivity contribution is 9.10. The van der Waals surface area contributed by atoms with Crippen molar-refractivity contribution >= 4 is 43.3 Å². The molecule has 2 aromatic rings. The Kier molecular flexibility index (Phi) is 6.50. The van der Waals surface area contributed by atoms with Crippen LogP contribution in [0.15, 0.2) is 39.0 Å². The van der Waals surface area contributed by atoms with Gasteiger partial charge in [0.2, 0.25) is 10.0 Å². The van der Waals surface area contributed by atoms with Gasteiger partial charge in [-0.25, -0.2) is 18.2 Å². The van der Waals surface area contributed by atoms with Gasteiger partial charge in [-0.15, -0.1) is 11.3 Å². The fraction of sp³-hybridized carbons (Fsp3) is 0.333.